The molecule has 1 saturated carbocycles. The van der Waals surface area contributed by atoms with Gasteiger partial charge in [0.1, 0.15) is 5.82 Å². The van der Waals surface area contributed by atoms with Crippen molar-refractivity contribution in [2.24, 2.45) is 5.41 Å². The average molecular weight is 265 g/mol. The first-order valence-electron chi connectivity index (χ1n) is 6.79. The predicted molar refractivity (Wildman–Crippen MR) is 71.6 cm³/mol. The molecule has 0 bridgehead atoms. The smallest absolute Gasteiger partial charge is 0.335 e. The monoisotopic (exact) mass is 265 g/mol. The van der Waals surface area contributed by atoms with E-state index in [2.05, 4.69) is 12.2 Å². The zero-order chi connectivity index (χ0) is 13.9. The lowest BCUT2D eigenvalue weighted by Crippen LogP contribution is -2.39. The molecule has 1 aliphatic rings. The Bertz CT molecular complexity index is 464. The van der Waals surface area contributed by atoms with Gasteiger partial charge in [0.15, 0.2) is 0 Å². The van der Waals surface area contributed by atoms with Gasteiger partial charge < -0.3 is 10.4 Å². The maximum Gasteiger partial charge on any atom is 0.335 e. The molecule has 1 aromatic carbocycles. The minimum Gasteiger partial charge on any atom is -0.478 e. The van der Waals surface area contributed by atoms with E-state index in [0.717, 1.165) is 13.0 Å². The fourth-order valence-electron chi connectivity index (χ4n) is 2.64. The van der Waals surface area contributed by atoms with Gasteiger partial charge in [-0.15, -0.1) is 0 Å². The molecule has 19 heavy (non-hydrogen) atoms. The van der Waals surface area contributed by atoms with E-state index in [1.807, 2.05) is 0 Å². The molecule has 1 aromatic rings. The van der Waals surface area contributed by atoms with Crippen molar-refractivity contribution in [2.75, 3.05) is 6.54 Å². The van der Waals surface area contributed by atoms with E-state index >= 15 is 0 Å². The topological polar surface area (TPSA) is 49.3 Å². The Hall–Kier alpha value is -1.42. The molecule has 0 aromatic heterocycles. The van der Waals surface area contributed by atoms with E-state index in [1.165, 1.54) is 37.5 Å². The molecule has 4 heteroatoms. The lowest BCUT2D eigenvalue weighted by molar-refractivity contribution is 0.0696. The van der Waals surface area contributed by atoms with E-state index < -0.39 is 5.97 Å². The van der Waals surface area contributed by atoms with Crippen molar-refractivity contribution in [3.63, 3.8) is 0 Å². The van der Waals surface area contributed by atoms with Crippen LogP contribution in [-0.2, 0) is 6.54 Å². The molecule has 0 aliphatic heterocycles. The van der Waals surface area contributed by atoms with E-state index in [0.29, 0.717) is 17.5 Å². The molecule has 1 aliphatic carbocycles. The zero-order valence-electron chi connectivity index (χ0n) is 11.2. The first-order valence-corrected chi connectivity index (χ1v) is 6.79. The molecular weight excluding hydrogens is 245 g/mol. The number of carboxylic acids is 1. The van der Waals surface area contributed by atoms with Gasteiger partial charge in [0.05, 0.1) is 5.56 Å². The highest BCUT2D eigenvalue weighted by Gasteiger charge is 2.34. The van der Waals surface area contributed by atoms with Crippen LogP contribution in [-0.4, -0.2) is 17.6 Å². The van der Waals surface area contributed by atoms with Crippen molar-refractivity contribution in [2.45, 2.75) is 39.2 Å². The van der Waals surface area contributed by atoms with Crippen LogP contribution in [0.15, 0.2) is 18.2 Å². The number of carboxylic acid groups (broad SMARTS) is 1. The van der Waals surface area contributed by atoms with Crippen LogP contribution in [0.4, 0.5) is 4.39 Å². The van der Waals surface area contributed by atoms with Crippen LogP contribution in [0.2, 0.25) is 0 Å². The number of rotatable bonds is 6. The summed E-state index contributed by atoms with van der Waals surface area (Å²) in [6.07, 6.45) is 4.87. The number of nitrogens with one attached hydrogen (secondary N) is 1. The van der Waals surface area contributed by atoms with Crippen molar-refractivity contribution >= 4 is 5.97 Å². The Kier molecular flexibility index (Phi) is 4.20. The highest BCUT2D eigenvalue weighted by Crippen LogP contribution is 2.43. The van der Waals surface area contributed by atoms with Crippen molar-refractivity contribution < 1.29 is 14.3 Å². The van der Waals surface area contributed by atoms with Crippen LogP contribution in [0.3, 0.4) is 0 Å². The number of hydrogen-bond acceptors (Lipinski definition) is 2. The second kappa shape index (κ2) is 5.70. The van der Waals surface area contributed by atoms with Crippen molar-refractivity contribution in [3.8, 4) is 0 Å². The summed E-state index contributed by atoms with van der Waals surface area (Å²) in [5.74, 6) is -1.37. The summed E-state index contributed by atoms with van der Waals surface area (Å²) in [5.41, 5.74) is 0.929. The molecule has 2 rings (SSSR count). The first-order chi connectivity index (χ1) is 9.06. The molecule has 0 atom stereocenters. The van der Waals surface area contributed by atoms with E-state index in [9.17, 15) is 9.18 Å². The van der Waals surface area contributed by atoms with Gasteiger partial charge in [-0.2, -0.15) is 0 Å². The summed E-state index contributed by atoms with van der Waals surface area (Å²) in [4.78, 5) is 10.9. The van der Waals surface area contributed by atoms with Gasteiger partial charge in [0, 0.05) is 18.7 Å². The van der Waals surface area contributed by atoms with Gasteiger partial charge in [0.25, 0.3) is 0 Å². The number of benzene rings is 1. The molecule has 104 valence electrons. The molecule has 0 saturated heterocycles. The molecule has 3 nitrogen and oxygen atoms in total. The van der Waals surface area contributed by atoms with Crippen LogP contribution >= 0.6 is 0 Å². The fourth-order valence-corrected chi connectivity index (χ4v) is 2.64. The fraction of sp³-hybridized carbons (Fsp3) is 0.533. The molecule has 0 unspecified atom stereocenters. The summed E-state index contributed by atoms with van der Waals surface area (Å²) >= 11 is 0. The van der Waals surface area contributed by atoms with E-state index in [1.54, 1.807) is 0 Å². The Morgan fingerprint density at radius 2 is 2.21 bits per heavy atom. The van der Waals surface area contributed by atoms with Crippen LogP contribution in [0, 0.1) is 11.2 Å². The van der Waals surface area contributed by atoms with Gasteiger partial charge in [-0.05, 0) is 42.9 Å². The molecule has 0 amide bonds. The average Bonchev–Trinajstić information content (AvgIpc) is 2.34. The zero-order valence-corrected chi connectivity index (χ0v) is 11.2. The van der Waals surface area contributed by atoms with Crippen LogP contribution in [0.1, 0.15) is 48.5 Å². The van der Waals surface area contributed by atoms with Gasteiger partial charge in [-0.25, -0.2) is 9.18 Å². The van der Waals surface area contributed by atoms with Gasteiger partial charge >= 0.3 is 5.97 Å². The Morgan fingerprint density at radius 1 is 1.47 bits per heavy atom. The third-order valence-corrected chi connectivity index (χ3v) is 4.27. The predicted octanol–water partition coefficient (Wildman–Crippen LogP) is 3.19. The maximum atomic E-state index is 13.6. The van der Waals surface area contributed by atoms with Crippen molar-refractivity contribution in [1.29, 1.82) is 0 Å². The van der Waals surface area contributed by atoms with Crippen LogP contribution in [0.25, 0.3) is 0 Å². The number of aromatic carboxylic acids is 1. The normalized spacial score (nSPS) is 16.9. The number of carbonyl (C=O) groups is 1. The SMILES string of the molecule is CCC1(CNCc2cc(C(=O)O)ccc2F)CCC1. The standard InChI is InChI=1S/C15H20FNO2/c1-2-15(6-3-7-15)10-17-9-12-8-11(14(18)19)4-5-13(12)16/h4-5,8,17H,2-3,6-7,9-10H2,1H3,(H,18,19). The molecular formula is C15H20FNO2. The summed E-state index contributed by atoms with van der Waals surface area (Å²) in [7, 11) is 0. The third kappa shape index (κ3) is 3.13. The minimum atomic E-state index is -1.02. The summed E-state index contributed by atoms with van der Waals surface area (Å²) in [6.45, 7) is 3.45. The summed E-state index contributed by atoms with van der Waals surface area (Å²) in [6, 6.07) is 3.92. The molecule has 2 N–H and O–H groups in total. The highest BCUT2D eigenvalue weighted by atomic mass is 19.1. The van der Waals surface area contributed by atoms with Gasteiger partial charge in [-0.1, -0.05) is 13.3 Å². The van der Waals surface area contributed by atoms with Gasteiger partial charge in [-0.3, -0.25) is 0 Å². The van der Waals surface area contributed by atoms with E-state index in [4.69, 9.17) is 5.11 Å². The quantitative estimate of drug-likeness (QED) is 0.830. The number of hydrogen-bond donors (Lipinski definition) is 2. The Balaban J connectivity index is 1.95. The Morgan fingerprint density at radius 3 is 2.74 bits per heavy atom. The lowest BCUT2D eigenvalue weighted by atomic mass is 9.67. The summed E-state index contributed by atoms with van der Waals surface area (Å²) in [5, 5.41) is 12.2. The first kappa shape index (κ1) is 14.0. The molecule has 0 spiro atoms. The maximum absolute atomic E-state index is 13.6. The van der Waals surface area contributed by atoms with Crippen LogP contribution in [0.5, 0.6) is 0 Å². The molecule has 1 fully saturated rings. The largest absolute Gasteiger partial charge is 0.478 e. The van der Waals surface area contributed by atoms with Gasteiger partial charge in [0.2, 0.25) is 0 Å². The lowest BCUT2D eigenvalue weighted by Gasteiger charge is -2.41. The van der Waals surface area contributed by atoms with Crippen LogP contribution < -0.4 is 5.32 Å². The second-order valence-corrected chi connectivity index (χ2v) is 5.42. The molecule has 0 heterocycles. The van der Waals surface area contributed by atoms with Crippen molar-refractivity contribution in [1.82, 2.24) is 5.32 Å². The minimum absolute atomic E-state index is 0.132. The Labute approximate surface area is 112 Å². The second-order valence-electron chi connectivity index (χ2n) is 5.42. The highest BCUT2D eigenvalue weighted by molar-refractivity contribution is 5.87. The van der Waals surface area contributed by atoms with E-state index in [-0.39, 0.29) is 11.4 Å². The van der Waals surface area contributed by atoms with Crippen molar-refractivity contribution in [3.05, 3.63) is 35.1 Å². The molecule has 0 radical (unpaired) electrons. The summed E-state index contributed by atoms with van der Waals surface area (Å²) < 4.78 is 13.6. The third-order valence-electron chi connectivity index (χ3n) is 4.27. The number of halogens is 1.